The fourth-order valence-corrected chi connectivity index (χ4v) is 1.26. The first-order valence-electron chi connectivity index (χ1n) is 3.13. The lowest BCUT2D eigenvalue weighted by Gasteiger charge is -2.04. The van der Waals surface area contributed by atoms with Crippen molar-refractivity contribution in [2.24, 2.45) is 0 Å². The van der Waals surface area contributed by atoms with E-state index in [1.807, 2.05) is 0 Å². The van der Waals surface area contributed by atoms with E-state index in [0.29, 0.717) is 22.1 Å². The summed E-state index contributed by atoms with van der Waals surface area (Å²) in [5, 5.41) is 1.02. The summed E-state index contributed by atoms with van der Waals surface area (Å²) in [4.78, 5) is 9.91. The molecule has 0 radical (unpaired) electrons. The first kappa shape index (κ1) is 9.16. The van der Waals surface area contributed by atoms with E-state index in [4.69, 9.17) is 23.2 Å². The van der Waals surface area contributed by atoms with Gasteiger partial charge >= 0.3 is 0 Å². The normalized spacial score (nSPS) is 9.17. The number of hydrogen-bond donors (Lipinski definition) is 2. The number of halogens is 2. The van der Waals surface area contributed by atoms with Gasteiger partial charge in [-0.05, 0) is 18.2 Å². The van der Waals surface area contributed by atoms with E-state index in [1.54, 1.807) is 18.2 Å². The van der Waals surface area contributed by atoms with Gasteiger partial charge in [0.1, 0.15) is 0 Å². The van der Waals surface area contributed by atoms with Gasteiger partial charge in [0.2, 0.25) is 6.41 Å². The molecule has 0 aliphatic rings. The van der Waals surface area contributed by atoms with Crippen LogP contribution >= 0.6 is 23.2 Å². The van der Waals surface area contributed by atoms with Crippen molar-refractivity contribution in [2.75, 3.05) is 5.43 Å². The van der Waals surface area contributed by atoms with Crippen LogP contribution in [0.1, 0.15) is 0 Å². The minimum atomic E-state index is 0.512. The number of rotatable bonds is 3. The maximum atomic E-state index is 9.91. The Morgan fingerprint density at radius 1 is 1.17 bits per heavy atom. The van der Waals surface area contributed by atoms with Gasteiger partial charge in [-0.1, -0.05) is 23.2 Å². The van der Waals surface area contributed by atoms with E-state index < -0.39 is 0 Å². The predicted molar refractivity (Wildman–Crippen MR) is 49.3 cm³/mol. The number of carbonyl (C=O) groups is 1. The van der Waals surface area contributed by atoms with Gasteiger partial charge in [0.15, 0.2) is 0 Å². The molecule has 1 aromatic carbocycles. The summed E-state index contributed by atoms with van der Waals surface area (Å²) in [7, 11) is 0. The van der Waals surface area contributed by atoms with Crippen molar-refractivity contribution in [3.05, 3.63) is 28.2 Å². The van der Waals surface area contributed by atoms with Crippen LogP contribution in [0.15, 0.2) is 18.2 Å². The molecule has 12 heavy (non-hydrogen) atoms. The lowest BCUT2D eigenvalue weighted by Crippen LogP contribution is -2.18. The largest absolute Gasteiger partial charge is 0.299 e. The summed E-state index contributed by atoms with van der Waals surface area (Å²) in [5.74, 6) is 0. The van der Waals surface area contributed by atoms with E-state index in [9.17, 15) is 4.79 Å². The van der Waals surface area contributed by atoms with E-state index in [1.165, 1.54) is 0 Å². The number of hydrazine groups is 1. The summed E-state index contributed by atoms with van der Waals surface area (Å²) in [6.45, 7) is 0. The summed E-state index contributed by atoms with van der Waals surface area (Å²) in [6, 6.07) is 4.89. The summed E-state index contributed by atoms with van der Waals surface area (Å²) in [5.41, 5.74) is 5.50. The lowest BCUT2D eigenvalue weighted by molar-refractivity contribution is -0.109. The average molecular weight is 205 g/mol. The highest BCUT2D eigenvalue weighted by Gasteiger charge is 1.95. The third kappa shape index (κ3) is 2.60. The minimum absolute atomic E-state index is 0.512. The smallest absolute Gasteiger partial charge is 0.225 e. The molecule has 0 spiro atoms. The molecule has 0 unspecified atom stereocenters. The van der Waals surface area contributed by atoms with Crippen molar-refractivity contribution in [1.82, 2.24) is 5.43 Å². The molecule has 2 N–H and O–H groups in total. The zero-order valence-corrected chi connectivity index (χ0v) is 7.49. The quantitative estimate of drug-likeness (QED) is 0.585. The van der Waals surface area contributed by atoms with Crippen molar-refractivity contribution in [3.63, 3.8) is 0 Å². The van der Waals surface area contributed by atoms with Gasteiger partial charge in [-0.3, -0.25) is 15.6 Å². The number of carbonyl (C=O) groups excluding carboxylic acids is 1. The molecular weight excluding hydrogens is 199 g/mol. The van der Waals surface area contributed by atoms with Gasteiger partial charge in [-0.2, -0.15) is 0 Å². The Bertz CT molecular complexity index is 270. The van der Waals surface area contributed by atoms with Gasteiger partial charge in [-0.25, -0.2) is 0 Å². The molecule has 64 valence electrons. The second-order valence-electron chi connectivity index (χ2n) is 2.05. The van der Waals surface area contributed by atoms with E-state index in [-0.39, 0.29) is 0 Å². The first-order chi connectivity index (χ1) is 5.72. The van der Waals surface area contributed by atoms with Crippen molar-refractivity contribution in [1.29, 1.82) is 0 Å². The van der Waals surface area contributed by atoms with E-state index >= 15 is 0 Å². The molecule has 0 bridgehead atoms. The molecular formula is C7H6Cl2N2O. The first-order valence-corrected chi connectivity index (χ1v) is 3.89. The van der Waals surface area contributed by atoms with Crippen LogP contribution in [0.5, 0.6) is 0 Å². The molecule has 0 atom stereocenters. The van der Waals surface area contributed by atoms with Gasteiger partial charge in [0.25, 0.3) is 0 Å². The lowest BCUT2D eigenvalue weighted by atomic mass is 10.3. The van der Waals surface area contributed by atoms with Crippen LogP contribution in [0.4, 0.5) is 5.69 Å². The monoisotopic (exact) mass is 204 g/mol. The Labute approximate surface area is 79.6 Å². The Morgan fingerprint density at radius 2 is 1.75 bits per heavy atom. The van der Waals surface area contributed by atoms with Crippen LogP contribution in [0.2, 0.25) is 10.0 Å². The SMILES string of the molecule is O=CNNc1cc(Cl)cc(Cl)c1. The Kier molecular flexibility index (Phi) is 3.19. The van der Waals surface area contributed by atoms with Crippen LogP contribution in [0.3, 0.4) is 0 Å². The molecule has 0 aliphatic carbocycles. The van der Waals surface area contributed by atoms with Crippen LogP contribution in [0, 0.1) is 0 Å². The Morgan fingerprint density at radius 3 is 2.25 bits per heavy atom. The third-order valence-corrected chi connectivity index (χ3v) is 1.57. The van der Waals surface area contributed by atoms with E-state index in [2.05, 4.69) is 10.9 Å². The fraction of sp³-hybridized carbons (Fsp3) is 0. The molecule has 0 saturated heterocycles. The molecule has 0 aromatic heterocycles. The zero-order chi connectivity index (χ0) is 8.97. The molecule has 0 aliphatic heterocycles. The maximum Gasteiger partial charge on any atom is 0.225 e. The predicted octanol–water partition coefficient (Wildman–Crippen LogP) is 2.07. The summed E-state index contributed by atoms with van der Waals surface area (Å²) >= 11 is 11.4. The van der Waals surface area contributed by atoms with Gasteiger partial charge in [0.05, 0.1) is 5.69 Å². The van der Waals surface area contributed by atoms with Crippen LogP contribution in [-0.2, 0) is 4.79 Å². The summed E-state index contributed by atoms with van der Waals surface area (Å²) in [6.07, 6.45) is 0.523. The standard InChI is InChI=1S/C7H6Cl2N2O/c8-5-1-6(9)3-7(2-5)11-10-4-12/h1-4,11H,(H,10,12). The average Bonchev–Trinajstić information content (AvgIpc) is 1.99. The van der Waals surface area contributed by atoms with Crippen molar-refractivity contribution in [2.45, 2.75) is 0 Å². The second-order valence-corrected chi connectivity index (χ2v) is 2.92. The highest BCUT2D eigenvalue weighted by atomic mass is 35.5. The van der Waals surface area contributed by atoms with Crippen molar-refractivity contribution < 1.29 is 4.79 Å². The summed E-state index contributed by atoms with van der Waals surface area (Å²) < 4.78 is 0. The topological polar surface area (TPSA) is 41.1 Å². The fourth-order valence-electron chi connectivity index (χ4n) is 0.739. The third-order valence-electron chi connectivity index (χ3n) is 1.14. The highest BCUT2D eigenvalue weighted by molar-refractivity contribution is 6.35. The maximum absolute atomic E-state index is 9.91. The molecule has 1 amide bonds. The van der Waals surface area contributed by atoms with Crippen LogP contribution in [-0.4, -0.2) is 6.41 Å². The van der Waals surface area contributed by atoms with Crippen molar-refractivity contribution in [3.8, 4) is 0 Å². The van der Waals surface area contributed by atoms with Crippen LogP contribution in [0.25, 0.3) is 0 Å². The van der Waals surface area contributed by atoms with Gasteiger partial charge in [0, 0.05) is 10.0 Å². The number of amides is 1. The van der Waals surface area contributed by atoms with Gasteiger partial charge < -0.3 is 0 Å². The zero-order valence-electron chi connectivity index (χ0n) is 5.97. The Hall–Kier alpha value is -0.930. The molecule has 1 rings (SSSR count). The molecule has 3 nitrogen and oxygen atoms in total. The number of nitrogens with one attached hydrogen (secondary N) is 2. The molecule has 0 fully saturated rings. The van der Waals surface area contributed by atoms with Gasteiger partial charge in [-0.15, -0.1) is 0 Å². The second kappa shape index (κ2) is 4.18. The number of benzene rings is 1. The molecule has 0 saturated carbocycles. The minimum Gasteiger partial charge on any atom is -0.299 e. The number of hydrogen-bond acceptors (Lipinski definition) is 2. The highest BCUT2D eigenvalue weighted by Crippen LogP contribution is 2.21. The molecule has 0 heterocycles. The number of anilines is 1. The van der Waals surface area contributed by atoms with E-state index in [0.717, 1.165) is 0 Å². The van der Waals surface area contributed by atoms with Crippen molar-refractivity contribution >= 4 is 35.3 Å². The Balaban J connectivity index is 2.78. The molecule has 5 heteroatoms. The molecule has 1 aromatic rings. The van der Waals surface area contributed by atoms with Crippen LogP contribution < -0.4 is 10.9 Å².